The zero-order valence-corrected chi connectivity index (χ0v) is 15.6. The second-order valence-corrected chi connectivity index (χ2v) is 7.42. The number of rotatable bonds is 4. The minimum Gasteiger partial charge on any atom is -0.469 e. The molecule has 0 unspecified atom stereocenters. The number of esters is 1. The number of halogens is 2. The van der Waals surface area contributed by atoms with E-state index in [0.29, 0.717) is 24.8 Å². The minimum absolute atomic E-state index is 0.172. The van der Waals surface area contributed by atoms with Crippen molar-refractivity contribution in [2.75, 3.05) is 7.11 Å². The predicted octanol–water partition coefficient (Wildman–Crippen LogP) is 4.36. The van der Waals surface area contributed by atoms with E-state index in [1.54, 1.807) is 25.7 Å². The number of hydrogen-bond acceptors (Lipinski definition) is 4. The van der Waals surface area contributed by atoms with Crippen LogP contribution in [0.1, 0.15) is 58.1 Å². The van der Waals surface area contributed by atoms with Gasteiger partial charge < -0.3 is 9.47 Å². The Kier molecular flexibility index (Phi) is 6.21. The summed E-state index contributed by atoms with van der Waals surface area (Å²) in [5.41, 5.74) is -0.180. The lowest BCUT2D eigenvalue weighted by Gasteiger charge is -2.33. The number of carbonyl (C=O) groups is 2. The second-order valence-electron chi connectivity index (χ2n) is 7.42. The molecule has 26 heavy (non-hydrogen) atoms. The third-order valence-corrected chi connectivity index (χ3v) is 4.34. The molecule has 144 valence electrons. The molecule has 2 atom stereocenters. The first-order chi connectivity index (χ1) is 12.1. The average molecular weight is 369 g/mol. The normalized spacial score (nSPS) is 20.2. The van der Waals surface area contributed by atoms with Crippen molar-refractivity contribution in [3.63, 3.8) is 0 Å². The van der Waals surface area contributed by atoms with Crippen LogP contribution in [0.2, 0.25) is 0 Å². The van der Waals surface area contributed by atoms with Crippen molar-refractivity contribution in [2.45, 2.75) is 64.1 Å². The molecule has 0 spiro atoms. The molecule has 0 N–H and O–H groups in total. The first-order valence-corrected chi connectivity index (χ1v) is 8.65. The van der Waals surface area contributed by atoms with Gasteiger partial charge in [0.05, 0.1) is 13.2 Å². The fourth-order valence-corrected chi connectivity index (χ4v) is 3.19. The van der Waals surface area contributed by atoms with E-state index >= 15 is 0 Å². The molecule has 0 saturated carbocycles. The number of hydrogen-bond donors (Lipinski definition) is 0. The molecular weight excluding hydrogens is 344 g/mol. The maximum absolute atomic E-state index is 13.7. The fraction of sp³-hybridized carbons (Fsp3) is 0.579. The number of methoxy groups -OCH3 is 1. The quantitative estimate of drug-likeness (QED) is 0.740. The molecule has 1 heterocycles. The van der Waals surface area contributed by atoms with Gasteiger partial charge in [0.15, 0.2) is 11.6 Å². The molecular formula is C19H25F2NO4. The lowest BCUT2D eigenvalue weighted by Crippen LogP contribution is -2.41. The smallest absolute Gasteiger partial charge is 0.411 e. The maximum atomic E-state index is 13.7. The Labute approximate surface area is 152 Å². The highest BCUT2D eigenvalue weighted by Crippen LogP contribution is 2.39. The Hall–Kier alpha value is -2.18. The molecule has 1 aromatic rings. The molecule has 0 aliphatic carbocycles. The van der Waals surface area contributed by atoms with Gasteiger partial charge in [-0.05, 0) is 57.7 Å². The largest absolute Gasteiger partial charge is 0.469 e. The van der Waals surface area contributed by atoms with Crippen LogP contribution in [-0.2, 0) is 14.3 Å². The predicted molar refractivity (Wildman–Crippen MR) is 91.4 cm³/mol. The summed E-state index contributed by atoms with van der Waals surface area (Å²) in [5.74, 6) is -2.24. The molecule has 1 amide bonds. The molecule has 5 nitrogen and oxygen atoms in total. The van der Waals surface area contributed by atoms with E-state index < -0.39 is 29.4 Å². The Morgan fingerprint density at radius 3 is 2.46 bits per heavy atom. The van der Waals surface area contributed by atoms with Crippen LogP contribution in [0.4, 0.5) is 13.6 Å². The van der Waals surface area contributed by atoms with Crippen molar-refractivity contribution in [3.05, 3.63) is 35.4 Å². The van der Waals surface area contributed by atoms with Crippen LogP contribution in [0.5, 0.6) is 0 Å². The molecule has 2 rings (SSSR count). The van der Waals surface area contributed by atoms with Gasteiger partial charge in [0, 0.05) is 12.5 Å². The van der Waals surface area contributed by atoms with Crippen LogP contribution in [0.25, 0.3) is 0 Å². The van der Waals surface area contributed by atoms with Gasteiger partial charge in [0.1, 0.15) is 5.60 Å². The fourth-order valence-electron chi connectivity index (χ4n) is 3.19. The first kappa shape index (κ1) is 20.1. The van der Waals surface area contributed by atoms with Gasteiger partial charge in [-0.15, -0.1) is 0 Å². The van der Waals surface area contributed by atoms with Crippen LogP contribution >= 0.6 is 0 Å². The summed E-state index contributed by atoms with van der Waals surface area (Å²) < 4.78 is 37.1. The monoisotopic (exact) mass is 369 g/mol. The Morgan fingerprint density at radius 2 is 1.88 bits per heavy atom. The van der Waals surface area contributed by atoms with Crippen LogP contribution in [-0.4, -0.2) is 35.7 Å². The number of nitrogens with zero attached hydrogens (tertiary/aromatic N) is 1. The number of benzene rings is 1. The summed E-state index contributed by atoms with van der Waals surface area (Å²) in [6.07, 6.45) is 1.28. The van der Waals surface area contributed by atoms with E-state index in [-0.39, 0.29) is 18.4 Å². The maximum Gasteiger partial charge on any atom is 0.411 e. The van der Waals surface area contributed by atoms with E-state index in [0.717, 1.165) is 12.1 Å². The van der Waals surface area contributed by atoms with E-state index in [1.807, 2.05) is 0 Å². The van der Waals surface area contributed by atoms with E-state index in [2.05, 4.69) is 4.74 Å². The number of likely N-dealkylation sites (tertiary alicyclic amines) is 1. The van der Waals surface area contributed by atoms with Gasteiger partial charge in [-0.3, -0.25) is 9.69 Å². The van der Waals surface area contributed by atoms with Gasteiger partial charge in [0.2, 0.25) is 0 Å². The highest BCUT2D eigenvalue weighted by molar-refractivity contribution is 5.71. The molecule has 0 bridgehead atoms. The third-order valence-electron chi connectivity index (χ3n) is 4.34. The van der Waals surface area contributed by atoms with Gasteiger partial charge in [0.25, 0.3) is 0 Å². The minimum atomic E-state index is -0.954. The van der Waals surface area contributed by atoms with E-state index in [4.69, 9.17) is 4.74 Å². The average Bonchev–Trinajstić information content (AvgIpc) is 2.97. The van der Waals surface area contributed by atoms with Crippen LogP contribution in [0.15, 0.2) is 18.2 Å². The SMILES string of the molecule is COC(=O)CC[C@@H]1CC[C@H](c2ccc(F)c(F)c2)N1C(=O)OC(C)(C)C. The zero-order valence-electron chi connectivity index (χ0n) is 15.6. The highest BCUT2D eigenvalue weighted by Gasteiger charge is 2.40. The molecule has 1 fully saturated rings. The van der Waals surface area contributed by atoms with Gasteiger partial charge in [-0.1, -0.05) is 6.07 Å². The van der Waals surface area contributed by atoms with Gasteiger partial charge >= 0.3 is 12.1 Å². The first-order valence-electron chi connectivity index (χ1n) is 8.65. The molecule has 1 aliphatic heterocycles. The standard InChI is InChI=1S/C19H25F2NO4/c1-19(2,3)26-18(24)22-13(7-10-17(23)25-4)6-9-16(22)12-5-8-14(20)15(21)11-12/h5,8,11,13,16H,6-7,9-10H2,1-4H3/t13-,16+/m0/s1. The van der Waals surface area contributed by atoms with Crippen LogP contribution < -0.4 is 0 Å². The zero-order chi connectivity index (χ0) is 19.5. The van der Waals surface area contributed by atoms with Gasteiger partial charge in [-0.25, -0.2) is 13.6 Å². The van der Waals surface area contributed by atoms with Crippen LogP contribution in [0, 0.1) is 11.6 Å². The molecule has 0 radical (unpaired) electrons. The van der Waals surface area contributed by atoms with Crippen LogP contribution in [0.3, 0.4) is 0 Å². The van der Waals surface area contributed by atoms with E-state index in [9.17, 15) is 18.4 Å². The molecule has 1 saturated heterocycles. The lowest BCUT2D eigenvalue weighted by molar-refractivity contribution is -0.141. The third kappa shape index (κ3) is 4.93. The van der Waals surface area contributed by atoms with E-state index in [1.165, 1.54) is 13.2 Å². The molecule has 0 aromatic heterocycles. The van der Waals surface area contributed by atoms with Crippen molar-refractivity contribution >= 4 is 12.1 Å². The number of amides is 1. The molecule has 1 aliphatic rings. The Morgan fingerprint density at radius 1 is 1.19 bits per heavy atom. The summed E-state index contributed by atoms with van der Waals surface area (Å²) in [7, 11) is 1.31. The summed E-state index contributed by atoms with van der Waals surface area (Å²) in [5, 5.41) is 0. The Bertz CT molecular complexity index is 672. The van der Waals surface area contributed by atoms with Crippen molar-refractivity contribution in [1.82, 2.24) is 4.90 Å². The van der Waals surface area contributed by atoms with Crippen molar-refractivity contribution in [1.29, 1.82) is 0 Å². The number of ether oxygens (including phenoxy) is 2. The molecule has 7 heteroatoms. The van der Waals surface area contributed by atoms with Gasteiger partial charge in [-0.2, -0.15) is 0 Å². The topological polar surface area (TPSA) is 55.8 Å². The summed E-state index contributed by atoms with van der Waals surface area (Å²) in [4.78, 5) is 25.7. The summed E-state index contributed by atoms with van der Waals surface area (Å²) >= 11 is 0. The lowest BCUT2D eigenvalue weighted by atomic mass is 10.0. The molecule has 1 aromatic carbocycles. The summed E-state index contributed by atoms with van der Waals surface area (Å²) in [6.45, 7) is 5.28. The Balaban J connectivity index is 2.26. The van der Waals surface area contributed by atoms with Crippen molar-refractivity contribution < 1.29 is 27.8 Å². The highest BCUT2D eigenvalue weighted by atomic mass is 19.2. The van der Waals surface area contributed by atoms with Crippen molar-refractivity contribution in [3.8, 4) is 0 Å². The number of carbonyl (C=O) groups excluding carboxylic acids is 2. The second kappa shape index (κ2) is 8.01. The van der Waals surface area contributed by atoms with Crippen molar-refractivity contribution in [2.24, 2.45) is 0 Å². The summed E-state index contributed by atoms with van der Waals surface area (Å²) in [6, 6.07) is 2.98.